The molecule has 17 heavy (non-hydrogen) atoms. The molecule has 0 fully saturated rings. The minimum absolute atomic E-state index is 0.193. The molecule has 92 valence electrons. The van der Waals surface area contributed by atoms with Crippen LogP contribution in [0.2, 0.25) is 0 Å². The molecule has 2 unspecified atom stereocenters. The van der Waals surface area contributed by atoms with Gasteiger partial charge in [0.15, 0.2) is 0 Å². The first-order valence-electron chi connectivity index (χ1n) is 4.80. The molecule has 0 spiro atoms. The summed E-state index contributed by atoms with van der Waals surface area (Å²) in [4.78, 5) is 2.53. The van der Waals surface area contributed by atoms with Crippen molar-refractivity contribution in [2.24, 2.45) is 5.11 Å². The standard InChI is InChI=1S/C10H12BrN3O3/c1-17-6-2-3-8(11)7(4-6)10(16)9(15)5-13-14-12/h2-4,9-10,15-16H,5H2,1H3. The topological polar surface area (TPSA) is 98.5 Å². The van der Waals surface area contributed by atoms with E-state index in [0.717, 1.165) is 0 Å². The normalized spacial score (nSPS) is 13.6. The van der Waals surface area contributed by atoms with E-state index in [9.17, 15) is 10.2 Å². The number of hydrogen-bond acceptors (Lipinski definition) is 4. The third kappa shape index (κ3) is 3.61. The molecule has 0 aliphatic rings. The Morgan fingerprint density at radius 1 is 1.53 bits per heavy atom. The van der Waals surface area contributed by atoms with Crippen molar-refractivity contribution in [1.29, 1.82) is 0 Å². The number of azide groups is 1. The van der Waals surface area contributed by atoms with Gasteiger partial charge in [0.2, 0.25) is 0 Å². The third-order valence-electron chi connectivity index (χ3n) is 2.22. The fourth-order valence-corrected chi connectivity index (χ4v) is 1.78. The summed E-state index contributed by atoms with van der Waals surface area (Å²) in [5.41, 5.74) is 8.62. The van der Waals surface area contributed by atoms with Crippen molar-refractivity contribution in [1.82, 2.24) is 0 Å². The van der Waals surface area contributed by atoms with Gasteiger partial charge in [0.25, 0.3) is 0 Å². The second-order valence-corrected chi connectivity index (χ2v) is 4.17. The van der Waals surface area contributed by atoms with E-state index in [1.165, 1.54) is 7.11 Å². The monoisotopic (exact) mass is 301 g/mol. The van der Waals surface area contributed by atoms with Crippen LogP contribution in [-0.4, -0.2) is 30.0 Å². The van der Waals surface area contributed by atoms with Crippen LogP contribution in [-0.2, 0) is 0 Å². The molecular weight excluding hydrogens is 290 g/mol. The first-order valence-corrected chi connectivity index (χ1v) is 5.60. The highest BCUT2D eigenvalue weighted by Crippen LogP contribution is 2.29. The van der Waals surface area contributed by atoms with Crippen LogP contribution >= 0.6 is 15.9 Å². The number of ether oxygens (including phenoxy) is 1. The van der Waals surface area contributed by atoms with Gasteiger partial charge in [-0.25, -0.2) is 0 Å². The Bertz CT molecular complexity index is 435. The molecule has 0 aliphatic carbocycles. The van der Waals surface area contributed by atoms with Gasteiger partial charge < -0.3 is 14.9 Å². The van der Waals surface area contributed by atoms with Crippen molar-refractivity contribution >= 4 is 15.9 Å². The number of halogens is 1. The Morgan fingerprint density at radius 2 is 2.24 bits per heavy atom. The lowest BCUT2D eigenvalue weighted by Crippen LogP contribution is -2.21. The molecule has 1 rings (SSSR count). The second kappa shape index (κ2) is 6.46. The van der Waals surface area contributed by atoms with Crippen molar-refractivity contribution in [3.05, 3.63) is 38.7 Å². The molecule has 1 aromatic rings. The minimum atomic E-state index is -1.16. The van der Waals surface area contributed by atoms with Crippen molar-refractivity contribution in [2.45, 2.75) is 12.2 Å². The number of hydrogen-bond donors (Lipinski definition) is 2. The van der Waals surface area contributed by atoms with Gasteiger partial charge in [-0.05, 0) is 23.7 Å². The van der Waals surface area contributed by atoms with Crippen LogP contribution < -0.4 is 4.74 Å². The molecule has 0 radical (unpaired) electrons. The van der Waals surface area contributed by atoms with E-state index >= 15 is 0 Å². The highest BCUT2D eigenvalue weighted by atomic mass is 79.9. The van der Waals surface area contributed by atoms with Crippen LogP contribution in [0.5, 0.6) is 5.75 Å². The average Bonchev–Trinajstić information content (AvgIpc) is 2.35. The lowest BCUT2D eigenvalue weighted by Gasteiger charge is -2.18. The summed E-state index contributed by atoms with van der Waals surface area (Å²) in [7, 11) is 1.51. The maximum absolute atomic E-state index is 9.90. The first-order chi connectivity index (χ1) is 8.10. The molecule has 0 amide bonds. The number of aliphatic hydroxyl groups is 2. The Balaban J connectivity index is 2.93. The lowest BCUT2D eigenvalue weighted by molar-refractivity contribution is 0.0239. The van der Waals surface area contributed by atoms with E-state index in [1.54, 1.807) is 18.2 Å². The molecule has 1 aromatic carbocycles. The summed E-state index contributed by atoms with van der Waals surface area (Å²) in [6.07, 6.45) is -2.31. The quantitative estimate of drug-likeness (QED) is 0.495. The predicted octanol–water partition coefficient (Wildman–Crippen LogP) is 2.16. The number of aliphatic hydroxyl groups excluding tert-OH is 2. The van der Waals surface area contributed by atoms with E-state index in [4.69, 9.17) is 10.3 Å². The van der Waals surface area contributed by atoms with Gasteiger partial charge in [-0.2, -0.15) is 0 Å². The minimum Gasteiger partial charge on any atom is -0.497 e. The molecule has 7 heteroatoms. The van der Waals surface area contributed by atoms with Crippen molar-refractivity contribution in [2.75, 3.05) is 13.7 Å². The van der Waals surface area contributed by atoms with Gasteiger partial charge in [0, 0.05) is 14.9 Å². The smallest absolute Gasteiger partial charge is 0.119 e. The highest BCUT2D eigenvalue weighted by molar-refractivity contribution is 9.10. The van der Waals surface area contributed by atoms with Crippen molar-refractivity contribution < 1.29 is 14.9 Å². The molecule has 2 atom stereocenters. The Kier molecular flexibility index (Phi) is 5.24. The number of methoxy groups -OCH3 is 1. The highest BCUT2D eigenvalue weighted by Gasteiger charge is 2.20. The van der Waals surface area contributed by atoms with Gasteiger partial charge in [-0.3, -0.25) is 0 Å². The summed E-state index contributed by atoms with van der Waals surface area (Å²) in [6.45, 7) is -0.193. The Hall–Kier alpha value is -1.27. The van der Waals surface area contributed by atoms with Crippen LogP contribution in [0.1, 0.15) is 11.7 Å². The summed E-state index contributed by atoms with van der Waals surface area (Å²) in [6, 6.07) is 5.03. The zero-order valence-corrected chi connectivity index (χ0v) is 10.7. The van der Waals surface area contributed by atoms with E-state index in [-0.39, 0.29) is 6.54 Å². The van der Waals surface area contributed by atoms with E-state index < -0.39 is 12.2 Å². The zero-order valence-electron chi connectivity index (χ0n) is 9.12. The van der Waals surface area contributed by atoms with E-state index in [2.05, 4.69) is 26.0 Å². The fraction of sp³-hybridized carbons (Fsp3) is 0.400. The summed E-state index contributed by atoms with van der Waals surface area (Å²) in [5.74, 6) is 0.568. The average molecular weight is 302 g/mol. The van der Waals surface area contributed by atoms with Gasteiger partial charge >= 0.3 is 0 Å². The fourth-order valence-electron chi connectivity index (χ4n) is 1.30. The number of nitrogens with zero attached hydrogens (tertiary/aromatic N) is 3. The zero-order chi connectivity index (χ0) is 12.8. The summed E-state index contributed by atoms with van der Waals surface area (Å²) < 4.78 is 5.67. The van der Waals surface area contributed by atoms with Crippen molar-refractivity contribution in [3.8, 4) is 5.75 Å². The predicted molar refractivity (Wildman–Crippen MR) is 65.7 cm³/mol. The molecular formula is C10H12BrN3O3. The molecule has 0 aromatic heterocycles. The molecule has 0 bridgehead atoms. The number of benzene rings is 1. The SMILES string of the molecule is COc1ccc(Br)c(C(O)C(O)CN=[N+]=[N-])c1. The van der Waals surface area contributed by atoms with Crippen molar-refractivity contribution in [3.63, 3.8) is 0 Å². The van der Waals surface area contributed by atoms with Crippen LogP contribution in [0.4, 0.5) is 0 Å². The molecule has 0 aliphatic heterocycles. The molecule has 0 saturated carbocycles. The largest absolute Gasteiger partial charge is 0.497 e. The van der Waals surface area contributed by atoms with Gasteiger partial charge in [-0.15, -0.1) is 0 Å². The summed E-state index contributed by atoms with van der Waals surface area (Å²) >= 11 is 3.27. The van der Waals surface area contributed by atoms with Gasteiger partial charge in [0.05, 0.1) is 19.8 Å². The Morgan fingerprint density at radius 3 is 2.82 bits per heavy atom. The molecule has 2 N–H and O–H groups in total. The van der Waals surface area contributed by atoms with Gasteiger partial charge in [0.1, 0.15) is 11.9 Å². The van der Waals surface area contributed by atoms with E-state index in [1.807, 2.05) is 0 Å². The van der Waals surface area contributed by atoms with Crippen LogP contribution in [0.3, 0.4) is 0 Å². The second-order valence-electron chi connectivity index (χ2n) is 3.31. The molecule has 6 nitrogen and oxygen atoms in total. The number of rotatable bonds is 5. The van der Waals surface area contributed by atoms with Crippen LogP contribution in [0.25, 0.3) is 10.4 Å². The lowest BCUT2D eigenvalue weighted by atomic mass is 10.0. The van der Waals surface area contributed by atoms with Crippen LogP contribution in [0, 0.1) is 0 Å². The van der Waals surface area contributed by atoms with Gasteiger partial charge in [-0.1, -0.05) is 21.0 Å². The maximum atomic E-state index is 9.90. The first kappa shape index (κ1) is 13.8. The molecule has 0 heterocycles. The maximum Gasteiger partial charge on any atom is 0.119 e. The van der Waals surface area contributed by atoms with E-state index in [0.29, 0.717) is 15.8 Å². The van der Waals surface area contributed by atoms with Crippen LogP contribution in [0.15, 0.2) is 27.8 Å². The Labute approximate surface area is 107 Å². The molecule has 0 saturated heterocycles. The summed E-state index contributed by atoms with van der Waals surface area (Å²) in [5, 5.41) is 22.7. The third-order valence-corrected chi connectivity index (χ3v) is 2.94.